The average molecular weight is 421 g/mol. The van der Waals surface area contributed by atoms with Crippen molar-refractivity contribution in [2.45, 2.75) is 26.4 Å². The molecule has 2 aromatic heterocycles. The van der Waals surface area contributed by atoms with Crippen LogP contribution in [0.25, 0.3) is 5.57 Å². The van der Waals surface area contributed by atoms with E-state index in [0.29, 0.717) is 6.42 Å². The van der Waals surface area contributed by atoms with E-state index < -0.39 is 6.10 Å². The van der Waals surface area contributed by atoms with Crippen molar-refractivity contribution < 1.29 is 5.11 Å². The summed E-state index contributed by atoms with van der Waals surface area (Å²) in [5, 5.41) is 10.0. The molecule has 1 unspecified atom stereocenters. The molecule has 0 saturated heterocycles. The Balaban J connectivity index is 0.000000166. The molecule has 1 N–H and O–H groups in total. The van der Waals surface area contributed by atoms with Crippen molar-refractivity contribution in [1.82, 2.24) is 9.97 Å². The van der Waals surface area contributed by atoms with Gasteiger partial charge in [-0.25, -0.2) is 9.97 Å². The van der Waals surface area contributed by atoms with E-state index in [-0.39, 0.29) is 0 Å². The highest BCUT2D eigenvalue weighted by molar-refractivity contribution is 7.11. The Bertz CT molecular complexity index is 1040. The van der Waals surface area contributed by atoms with Gasteiger partial charge in [0.1, 0.15) is 0 Å². The van der Waals surface area contributed by atoms with Crippen molar-refractivity contribution in [1.29, 1.82) is 0 Å². The number of thiazole rings is 2. The smallest absolute Gasteiger partial charge is 0.0940 e. The third-order valence-corrected chi connectivity index (χ3v) is 6.52. The molecule has 3 nitrogen and oxygen atoms in total. The van der Waals surface area contributed by atoms with E-state index >= 15 is 0 Å². The van der Waals surface area contributed by atoms with Crippen molar-refractivity contribution in [2.24, 2.45) is 0 Å². The fraction of sp³-hybridized carbons (Fsp3) is 0.167. The van der Waals surface area contributed by atoms with Crippen LogP contribution in [-0.4, -0.2) is 15.1 Å². The minimum Gasteiger partial charge on any atom is -0.387 e. The highest BCUT2D eigenvalue weighted by Crippen LogP contribution is 2.27. The van der Waals surface area contributed by atoms with Crippen LogP contribution in [0.1, 0.15) is 38.4 Å². The normalized spacial score (nSPS) is 11.4. The first-order chi connectivity index (χ1) is 14.1. The number of benzene rings is 2. The summed E-state index contributed by atoms with van der Waals surface area (Å²) in [6, 6.07) is 20.2. The zero-order valence-corrected chi connectivity index (χ0v) is 18.2. The van der Waals surface area contributed by atoms with E-state index in [4.69, 9.17) is 0 Å². The zero-order chi connectivity index (χ0) is 20.6. The number of hydrogen-bond donors (Lipinski definition) is 1. The van der Waals surface area contributed by atoms with E-state index in [0.717, 1.165) is 27.4 Å². The minimum absolute atomic E-state index is 0.431. The van der Waals surface area contributed by atoms with Gasteiger partial charge in [0.25, 0.3) is 0 Å². The van der Waals surface area contributed by atoms with Gasteiger partial charge in [-0.05, 0) is 30.5 Å². The summed E-state index contributed by atoms with van der Waals surface area (Å²) in [4.78, 5) is 10.5. The lowest BCUT2D eigenvalue weighted by atomic mass is 10.1. The molecular formula is C24H24N2OS2. The summed E-state index contributed by atoms with van der Waals surface area (Å²) in [7, 11) is 0. The van der Waals surface area contributed by atoms with Crippen molar-refractivity contribution in [3.63, 3.8) is 0 Å². The molecular weight excluding hydrogens is 396 g/mol. The standard InChI is InChI=1S/C12H13NOS.C12H11NS/c1-9-12(15-8-13-9)11(14)7-10-5-3-2-4-6-10;1-9(11-6-4-3-5-7-11)12-10(2)13-8-14-12/h2-6,8,11,14H,7H2,1H3;3-8H,1H2,2H3. The second kappa shape index (κ2) is 10.3. The van der Waals surface area contributed by atoms with Gasteiger partial charge in [0, 0.05) is 6.42 Å². The molecule has 29 heavy (non-hydrogen) atoms. The fourth-order valence-electron chi connectivity index (χ4n) is 2.92. The van der Waals surface area contributed by atoms with Crippen molar-refractivity contribution in [2.75, 3.05) is 0 Å². The first-order valence-electron chi connectivity index (χ1n) is 9.33. The zero-order valence-electron chi connectivity index (χ0n) is 16.6. The third kappa shape index (κ3) is 5.70. The quantitative estimate of drug-likeness (QED) is 0.416. The lowest BCUT2D eigenvalue weighted by Gasteiger charge is -2.08. The van der Waals surface area contributed by atoms with Crippen molar-refractivity contribution in [3.05, 3.63) is 111 Å². The maximum Gasteiger partial charge on any atom is 0.0940 e. The van der Waals surface area contributed by atoms with Gasteiger partial charge < -0.3 is 5.11 Å². The van der Waals surface area contributed by atoms with E-state index in [2.05, 4.69) is 28.7 Å². The number of aromatic nitrogens is 2. The average Bonchev–Trinajstić information content (AvgIpc) is 3.37. The minimum atomic E-state index is -0.431. The lowest BCUT2D eigenvalue weighted by molar-refractivity contribution is 0.181. The summed E-state index contributed by atoms with van der Waals surface area (Å²) in [5.41, 5.74) is 9.01. The molecule has 0 radical (unpaired) electrons. The highest BCUT2D eigenvalue weighted by Gasteiger charge is 2.13. The van der Waals surface area contributed by atoms with Gasteiger partial charge in [-0.2, -0.15) is 0 Å². The number of aryl methyl sites for hydroxylation is 2. The van der Waals surface area contributed by atoms with Gasteiger partial charge in [-0.1, -0.05) is 67.2 Å². The van der Waals surface area contributed by atoms with Crippen LogP contribution in [0.3, 0.4) is 0 Å². The predicted octanol–water partition coefficient (Wildman–Crippen LogP) is 6.24. The van der Waals surface area contributed by atoms with Crippen LogP contribution in [0.4, 0.5) is 0 Å². The fourth-order valence-corrected chi connectivity index (χ4v) is 4.51. The summed E-state index contributed by atoms with van der Waals surface area (Å²) in [5.74, 6) is 0. The van der Waals surface area contributed by atoms with Crippen LogP contribution in [0.5, 0.6) is 0 Å². The molecule has 0 aliphatic heterocycles. The molecule has 0 amide bonds. The number of hydrogen-bond acceptors (Lipinski definition) is 5. The van der Waals surface area contributed by atoms with Crippen LogP contribution in [-0.2, 0) is 6.42 Å². The SMILES string of the molecule is C=C(c1ccccc1)c1scnc1C.Cc1ncsc1C(O)Cc1ccccc1. The van der Waals surface area contributed by atoms with Crippen LogP contribution < -0.4 is 0 Å². The predicted molar refractivity (Wildman–Crippen MR) is 123 cm³/mol. The van der Waals surface area contributed by atoms with E-state index in [1.165, 1.54) is 21.8 Å². The molecule has 4 aromatic rings. The molecule has 1 atom stereocenters. The van der Waals surface area contributed by atoms with E-state index in [1.807, 2.05) is 67.9 Å². The monoisotopic (exact) mass is 420 g/mol. The topological polar surface area (TPSA) is 46.0 Å². The summed E-state index contributed by atoms with van der Waals surface area (Å²) in [6.07, 6.45) is 0.226. The van der Waals surface area contributed by atoms with E-state index in [9.17, 15) is 5.11 Å². The van der Waals surface area contributed by atoms with Gasteiger partial charge in [-0.3, -0.25) is 0 Å². The van der Waals surface area contributed by atoms with Crippen molar-refractivity contribution >= 4 is 28.2 Å². The second-order valence-electron chi connectivity index (χ2n) is 6.62. The Morgan fingerprint density at radius 1 is 0.897 bits per heavy atom. The molecule has 2 heterocycles. The highest BCUT2D eigenvalue weighted by atomic mass is 32.1. The lowest BCUT2D eigenvalue weighted by Crippen LogP contribution is -2.01. The van der Waals surface area contributed by atoms with Crippen LogP contribution in [0, 0.1) is 13.8 Å². The summed E-state index contributed by atoms with van der Waals surface area (Å²) in [6.45, 7) is 8.04. The first-order valence-corrected chi connectivity index (χ1v) is 11.1. The molecule has 0 spiro atoms. The summed E-state index contributed by atoms with van der Waals surface area (Å²) >= 11 is 3.16. The maximum atomic E-state index is 10.0. The van der Waals surface area contributed by atoms with Gasteiger partial charge in [0.2, 0.25) is 0 Å². The van der Waals surface area contributed by atoms with Gasteiger partial charge in [0.05, 0.1) is 38.3 Å². The molecule has 0 aliphatic carbocycles. The van der Waals surface area contributed by atoms with Gasteiger partial charge in [0.15, 0.2) is 0 Å². The number of aliphatic hydroxyl groups excluding tert-OH is 1. The maximum absolute atomic E-state index is 10.0. The van der Waals surface area contributed by atoms with Gasteiger partial charge >= 0.3 is 0 Å². The third-order valence-electron chi connectivity index (χ3n) is 4.50. The molecule has 5 heteroatoms. The van der Waals surface area contributed by atoms with Gasteiger partial charge in [-0.15, -0.1) is 22.7 Å². The number of aliphatic hydroxyl groups is 1. The molecule has 4 rings (SSSR count). The molecule has 148 valence electrons. The number of rotatable bonds is 5. The first kappa shape index (κ1) is 21.1. The molecule has 0 fully saturated rings. The Morgan fingerprint density at radius 3 is 2.03 bits per heavy atom. The Kier molecular flexibility index (Phi) is 7.47. The molecule has 0 aliphatic rings. The molecule has 0 saturated carbocycles. The van der Waals surface area contributed by atoms with E-state index in [1.54, 1.807) is 16.8 Å². The second-order valence-corrected chi connectivity index (χ2v) is 8.36. The Hall–Kier alpha value is -2.60. The van der Waals surface area contributed by atoms with Crippen molar-refractivity contribution in [3.8, 4) is 0 Å². The molecule has 2 aromatic carbocycles. The summed E-state index contributed by atoms with van der Waals surface area (Å²) < 4.78 is 0. The van der Waals surface area contributed by atoms with Crippen LogP contribution in [0.15, 0.2) is 78.3 Å². The Labute approximate surface area is 180 Å². The van der Waals surface area contributed by atoms with Crippen LogP contribution >= 0.6 is 22.7 Å². The largest absolute Gasteiger partial charge is 0.387 e. The Morgan fingerprint density at radius 2 is 1.48 bits per heavy atom. The number of nitrogens with zero attached hydrogens (tertiary/aromatic N) is 2. The molecule has 0 bridgehead atoms. The van der Waals surface area contributed by atoms with Crippen LogP contribution in [0.2, 0.25) is 0 Å².